The van der Waals surface area contributed by atoms with Gasteiger partial charge >= 0.3 is 5.97 Å². The number of benzene rings is 1. The van der Waals surface area contributed by atoms with E-state index >= 15 is 0 Å². The van der Waals surface area contributed by atoms with Crippen molar-refractivity contribution < 1.29 is 14.7 Å². The molecule has 0 saturated heterocycles. The largest absolute Gasteiger partial charge is 0.476 e. The molecule has 21 heavy (non-hydrogen) atoms. The van der Waals surface area contributed by atoms with Crippen molar-refractivity contribution in [3.05, 3.63) is 51.0 Å². The quantitative estimate of drug-likeness (QED) is 0.888. The maximum Gasteiger partial charge on any atom is 0.355 e. The van der Waals surface area contributed by atoms with Crippen molar-refractivity contribution in [1.29, 1.82) is 0 Å². The summed E-state index contributed by atoms with van der Waals surface area (Å²) in [4.78, 5) is 26.5. The van der Waals surface area contributed by atoms with Gasteiger partial charge in [0.2, 0.25) is 5.91 Å². The van der Waals surface area contributed by atoms with Gasteiger partial charge in [-0.15, -0.1) is 11.3 Å². The standard InChI is InChI=1S/C15H16N2O3S/c1-9-3-4-11(5-10(9)2)6-13(18)16-7-14-17-12(8-21-14)15(19)20/h3-5,8H,6-7H2,1-2H3,(H,16,18)(H,19,20). The summed E-state index contributed by atoms with van der Waals surface area (Å²) in [5, 5.41) is 13.6. The van der Waals surface area contributed by atoms with Crippen LogP contribution in [0.3, 0.4) is 0 Å². The number of carboxylic acid groups (broad SMARTS) is 1. The Balaban J connectivity index is 1.89. The number of carbonyl (C=O) groups excluding carboxylic acids is 1. The van der Waals surface area contributed by atoms with Crippen LogP contribution in [0.25, 0.3) is 0 Å². The summed E-state index contributed by atoms with van der Waals surface area (Å²) >= 11 is 1.22. The van der Waals surface area contributed by atoms with Crippen LogP contribution < -0.4 is 5.32 Å². The lowest BCUT2D eigenvalue weighted by molar-refractivity contribution is -0.120. The molecular weight excluding hydrogens is 288 g/mol. The molecule has 2 N–H and O–H groups in total. The molecule has 2 aromatic rings. The maximum absolute atomic E-state index is 11.9. The Labute approximate surface area is 126 Å². The smallest absolute Gasteiger partial charge is 0.355 e. The molecule has 0 fully saturated rings. The molecule has 1 amide bonds. The molecular formula is C15H16N2O3S. The molecule has 0 atom stereocenters. The molecule has 0 spiro atoms. The third-order valence-corrected chi connectivity index (χ3v) is 3.99. The molecule has 0 radical (unpaired) electrons. The number of aryl methyl sites for hydroxylation is 2. The summed E-state index contributed by atoms with van der Waals surface area (Å²) in [6.07, 6.45) is 0.304. The summed E-state index contributed by atoms with van der Waals surface area (Å²) < 4.78 is 0. The first kappa shape index (κ1) is 15.2. The fourth-order valence-electron chi connectivity index (χ4n) is 1.83. The van der Waals surface area contributed by atoms with E-state index in [2.05, 4.69) is 10.3 Å². The van der Waals surface area contributed by atoms with Gasteiger partial charge in [0.25, 0.3) is 0 Å². The van der Waals surface area contributed by atoms with Crippen molar-refractivity contribution in [2.45, 2.75) is 26.8 Å². The van der Waals surface area contributed by atoms with Crippen LogP contribution in [0.5, 0.6) is 0 Å². The van der Waals surface area contributed by atoms with Gasteiger partial charge in [0.15, 0.2) is 5.69 Å². The molecule has 0 unspecified atom stereocenters. The van der Waals surface area contributed by atoms with E-state index in [4.69, 9.17) is 5.11 Å². The van der Waals surface area contributed by atoms with Gasteiger partial charge in [-0.1, -0.05) is 18.2 Å². The van der Waals surface area contributed by atoms with Crippen LogP contribution >= 0.6 is 11.3 Å². The zero-order valence-corrected chi connectivity index (χ0v) is 12.7. The van der Waals surface area contributed by atoms with Gasteiger partial charge in [-0.2, -0.15) is 0 Å². The van der Waals surface area contributed by atoms with Crippen molar-refractivity contribution >= 4 is 23.2 Å². The number of amides is 1. The van der Waals surface area contributed by atoms with Gasteiger partial charge in [0, 0.05) is 5.38 Å². The fourth-order valence-corrected chi connectivity index (χ4v) is 2.53. The molecule has 0 saturated carbocycles. The Morgan fingerprint density at radius 1 is 1.29 bits per heavy atom. The summed E-state index contributed by atoms with van der Waals surface area (Å²) in [5.74, 6) is -1.16. The minimum absolute atomic E-state index is 0.0124. The van der Waals surface area contributed by atoms with E-state index in [0.717, 1.165) is 11.1 Å². The van der Waals surface area contributed by atoms with E-state index in [-0.39, 0.29) is 18.1 Å². The summed E-state index contributed by atoms with van der Waals surface area (Å²) in [5.41, 5.74) is 3.33. The van der Waals surface area contributed by atoms with Crippen molar-refractivity contribution in [2.24, 2.45) is 0 Å². The first-order valence-electron chi connectivity index (χ1n) is 6.46. The number of nitrogens with zero attached hydrogens (tertiary/aromatic N) is 1. The number of carbonyl (C=O) groups is 2. The molecule has 2 rings (SSSR count). The highest BCUT2D eigenvalue weighted by Gasteiger charge is 2.10. The van der Waals surface area contributed by atoms with Crippen LogP contribution in [0, 0.1) is 13.8 Å². The number of aromatic nitrogens is 1. The number of hydrogen-bond donors (Lipinski definition) is 2. The van der Waals surface area contributed by atoms with E-state index in [1.165, 1.54) is 22.3 Å². The second kappa shape index (κ2) is 6.49. The Morgan fingerprint density at radius 3 is 2.67 bits per heavy atom. The van der Waals surface area contributed by atoms with Gasteiger partial charge in [-0.3, -0.25) is 4.79 Å². The molecule has 0 aliphatic heterocycles. The molecule has 0 aliphatic carbocycles. The van der Waals surface area contributed by atoms with Gasteiger partial charge < -0.3 is 10.4 Å². The number of rotatable bonds is 5. The third-order valence-electron chi connectivity index (χ3n) is 3.14. The first-order valence-corrected chi connectivity index (χ1v) is 7.34. The predicted molar refractivity (Wildman–Crippen MR) is 80.5 cm³/mol. The van der Waals surface area contributed by atoms with Crippen molar-refractivity contribution in [3.8, 4) is 0 Å². The van der Waals surface area contributed by atoms with E-state index in [9.17, 15) is 9.59 Å². The lowest BCUT2D eigenvalue weighted by Gasteiger charge is -2.06. The highest BCUT2D eigenvalue weighted by Crippen LogP contribution is 2.11. The molecule has 0 bridgehead atoms. The summed E-state index contributed by atoms with van der Waals surface area (Å²) in [7, 11) is 0. The molecule has 6 heteroatoms. The molecule has 1 aromatic carbocycles. The van der Waals surface area contributed by atoms with Crippen molar-refractivity contribution in [3.63, 3.8) is 0 Å². The second-order valence-corrected chi connectivity index (χ2v) is 5.75. The number of nitrogens with one attached hydrogen (secondary N) is 1. The molecule has 1 heterocycles. The van der Waals surface area contributed by atoms with E-state index in [0.29, 0.717) is 11.4 Å². The highest BCUT2D eigenvalue weighted by molar-refractivity contribution is 7.09. The lowest BCUT2D eigenvalue weighted by atomic mass is 10.0. The predicted octanol–water partition coefficient (Wildman–Crippen LogP) is 2.32. The normalized spacial score (nSPS) is 10.4. The SMILES string of the molecule is Cc1ccc(CC(=O)NCc2nc(C(=O)O)cs2)cc1C. The Kier molecular flexibility index (Phi) is 4.70. The van der Waals surface area contributed by atoms with E-state index in [1.807, 2.05) is 32.0 Å². The van der Waals surface area contributed by atoms with E-state index in [1.54, 1.807) is 0 Å². The summed E-state index contributed by atoms with van der Waals surface area (Å²) in [6.45, 7) is 4.29. The Morgan fingerprint density at radius 2 is 2.05 bits per heavy atom. The summed E-state index contributed by atoms with van der Waals surface area (Å²) in [6, 6.07) is 5.94. The van der Waals surface area contributed by atoms with Gasteiger partial charge in [-0.25, -0.2) is 9.78 Å². The number of hydrogen-bond acceptors (Lipinski definition) is 4. The zero-order chi connectivity index (χ0) is 15.4. The van der Waals surface area contributed by atoms with Crippen LogP contribution in [0.15, 0.2) is 23.6 Å². The van der Waals surface area contributed by atoms with Crippen LogP contribution in [-0.2, 0) is 17.8 Å². The Hall–Kier alpha value is -2.21. The molecule has 110 valence electrons. The highest BCUT2D eigenvalue weighted by atomic mass is 32.1. The van der Waals surface area contributed by atoms with E-state index < -0.39 is 5.97 Å². The number of aromatic carboxylic acids is 1. The van der Waals surface area contributed by atoms with Gasteiger partial charge in [0.1, 0.15) is 5.01 Å². The molecule has 0 aliphatic rings. The maximum atomic E-state index is 11.9. The molecule has 1 aromatic heterocycles. The minimum atomic E-state index is -1.06. The minimum Gasteiger partial charge on any atom is -0.476 e. The van der Waals surface area contributed by atoms with Gasteiger partial charge in [-0.05, 0) is 30.5 Å². The lowest BCUT2D eigenvalue weighted by Crippen LogP contribution is -2.24. The van der Waals surface area contributed by atoms with Gasteiger partial charge in [0.05, 0.1) is 13.0 Å². The average Bonchev–Trinajstić information content (AvgIpc) is 2.90. The number of carboxylic acids is 1. The first-order chi connectivity index (χ1) is 9.95. The third kappa shape index (κ3) is 4.13. The topological polar surface area (TPSA) is 79.3 Å². The monoisotopic (exact) mass is 304 g/mol. The molecule has 5 nitrogen and oxygen atoms in total. The van der Waals surface area contributed by atoms with Crippen LogP contribution in [0.2, 0.25) is 0 Å². The Bertz CT molecular complexity index is 679. The van der Waals surface area contributed by atoms with Crippen LogP contribution in [0.4, 0.5) is 0 Å². The van der Waals surface area contributed by atoms with Crippen molar-refractivity contribution in [2.75, 3.05) is 0 Å². The van der Waals surface area contributed by atoms with Crippen LogP contribution in [-0.4, -0.2) is 22.0 Å². The zero-order valence-electron chi connectivity index (χ0n) is 11.8. The fraction of sp³-hybridized carbons (Fsp3) is 0.267. The number of thiazole rings is 1. The van der Waals surface area contributed by atoms with Crippen molar-refractivity contribution in [1.82, 2.24) is 10.3 Å². The average molecular weight is 304 g/mol. The van der Waals surface area contributed by atoms with Crippen LogP contribution in [0.1, 0.15) is 32.2 Å². The second-order valence-electron chi connectivity index (χ2n) is 4.80.